The lowest BCUT2D eigenvalue weighted by Crippen LogP contribution is -2.51. The normalized spacial score (nSPS) is 19.5. The largest absolute Gasteiger partial charge is 0.490 e. The van der Waals surface area contributed by atoms with E-state index in [1.54, 1.807) is 0 Å². The number of aliphatic carboxylic acids is 1. The molecule has 9 heteroatoms. The fraction of sp³-hybridized carbons (Fsp3) is 0.875. The average molecular weight is 265 g/mol. The number of nitrogens with two attached hydrogens (primary N) is 1. The molecule has 0 aromatic carbocycles. The number of ether oxygens (including phenoxy) is 1. The van der Waals surface area contributed by atoms with Crippen LogP contribution >= 0.6 is 0 Å². The summed E-state index contributed by atoms with van der Waals surface area (Å²) in [6.45, 7) is 0.724. The Bertz CT molecular complexity index is 250. The van der Waals surface area contributed by atoms with Crippen LogP contribution in [0.15, 0.2) is 0 Å². The summed E-state index contributed by atoms with van der Waals surface area (Å²) in [5.41, 5.74) is 4.09. The van der Waals surface area contributed by atoms with E-state index in [-0.39, 0.29) is 12.8 Å². The number of rotatable bonds is 1. The van der Waals surface area contributed by atoms with Crippen LogP contribution in [0, 0.1) is 0 Å². The molecule has 102 valence electrons. The first kappa shape index (κ1) is 16.0. The van der Waals surface area contributed by atoms with Crippen LogP contribution in [0.1, 0.15) is 12.8 Å². The van der Waals surface area contributed by atoms with Gasteiger partial charge in [-0.05, 0) is 12.8 Å². The highest BCUT2D eigenvalue weighted by Crippen LogP contribution is 2.24. The predicted octanol–water partition coefficient (Wildman–Crippen LogP) is 1.39. The molecule has 1 saturated heterocycles. The second-order valence-corrected chi connectivity index (χ2v) is 3.45. The molecule has 0 aromatic rings. The molecule has 0 aliphatic carbocycles. The zero-order chi connectivity index (χ0) is 13.7. The van der Waals surface area contributed by atoms with Crippen LogP contribution in [0.2, 0.25) is 0 Å². The van der Waals surface area contributed by atoms with E-state index in [1.807, 2.05) is 0 Å². The SMILES string of the molecule is NC1(C(F)F)CCOCC1.O=C(O)C(F)(F)F. The van der Waals surface area contributed by atoms with Gasteiger partial charge in [-0.1, -0.05) is 0 Å². The van der Waals surface area contributed by atoms with Crippen molar-refractivity contribution in [2.24, 2.45) is 5.73 Å². The standard InChI is InChI=1S/C6H11F2NO.C2HF3O2/c7-5(8)6(9)1-3-10-4-2-6;3-2(4,5)1(6)7/h5H,1-4,9H2;(H,6,7). The Kier molecular flexibility index (Phi) is 5.76. The van der Waals surface area contributed by atoms with Gasteiger partial charge in [0.1, 0.15) is 0 Å². The number of hydrogen-bond donors (Lipinski definition) is 2. The minimum atomic E-state index is -5.08. The van der Waals surface area contributed by atoms with Crippen LogP contribution < -0.4 is 5.73 Å². The van der Waals surface area contributed by atoms with Crippen molar-refractivity contribution in [2.75, 3.05) is 13.2 Å². The van der Waals surface area contributed by atoms with Gasteiger partial charge in [0.25, 0.3) is 6.43 Å². The van der Waals surface area contributed by atoms with Crippen LogP contribution in [-0.4, -0.2) is 42.4 Å². The Morgan fingerprint density at radius 2 is 1.65 bits per heavy atom. The molecule has 1 fully saturated rings. The minimum Gasteiger partial charge on any atom is -0.475 e. The monoisotopic (exact) mass is 265 g/mol. The molecule has 1 aliphatic rings. The van der Waals surface area contributed by atoms with E-state index in [9.17, 15) is 22.0 Å². The Morgan fingerprint density at radius 1 is 1.29 bits per heavy atom. The maximum Gasteiger partial charge on any atom is 0.490 e. The summed E-state index contributed by atoms with van der Waals surface area (Å²) in [5.74, 6) is -2.76. The molecular weight excluding hydrogens is 253 g/mol. The van der Waals surface area contributed by atoms with Crippen LogP contribution in [-0.2, 0) is 9.53 Å². The molecular formula is C8H12F5NO3. The Balaban J connectivity index is 0.000000325. The molecule has 0 amide bonds. The Morgan fingerprint density at radius 3 is 1.82 bits per heavy atom. The maximum absolute atomic E-state index is 12.1. The van der Waals surface area contributed by atoms with Gasteiger partial charge in [0, 0.05) is 13.2 Å². The van der Waals surface area contributed by atoms with Gasteiger partial charge in [0.2, 0.25) is 0 Å². The number of hydrogen-bond acceptors (Lipinski definition) is 3. The number of carboxylic acid groups (broad SMARTS) is 1. The third kappa shape index (κ3) is 5.78. The first-order valence-electron chi connectivity index (χ1n) is 4.54. The van der Waals surface area contributed by atoms with Crippen molar-refractivity contribution in [2.45, 2.75) is 31.0 Å². The summed E-state index contributed by atoms with van der Waals surface area (Å²) in [5, 5.41) is 7.12. The van der Waals surface area contributed by atoms with E-state index in [0.717, 1.165) is 0 Å². The van der Waals surface area contributed by atoms with Gasteiger partial charge in [0.15, 0.2) is 0 Å². The van der Waals surface area contributed by atoms with E-state index in [1.165, 1.54) is 0 Å². The fourth-order valence-corrected chi connectivity index (χ4v) is 0.970. The van der Waals surface area contributed by atoms with Gasteiger partial charge in [0.05, 0.1) is 5.54 Å². The van der Waals surface area contributed by atoms with E-state index >= 15 is 0 Å². The van der Waals surface area contributed by atoms with Crippen LogP contribution in [0.5, 0.6) is 0 Å². The van der Waals surface area contributed by atoms with Crippen molar-refractivity contribution in [1.82, 2.24) is 0 Å². The van der Waals surface area contributed by atoms with Crippen LogP contribution in [0.25, 0.3) is 0 Å². The molecule has 1 aliphatic heterocycles. The number of carboxylic acids is 1. The highest BCUT2D eigenvalue weighted by atomic mass is 19.4. The second-order valence-electron chi connectivity index (χ2n) is 3.45. The molecule has 0 spiro atoms. The van der Waals surface area contributed by atoms with E-state index < -0.39 is 24.1 Å². The van der Waals surface area contributed by atoms with Gasteiger partial charge in [-0.2, -0.15) is 13.2 Å². The topological polar surface area (TPSA) is 72.5 Å². The van der Waals surface area contributed by atoms with E-state index in [4.69, 9.17) is 20.4 Å². The third-order valence-electron chi connectivity index (χ3n) is 2.10. The van der Waals surface area contributed by atoms with Crippen molar-refractivity contribution >= 4 is 5.97 Å². The molecule has 1 rings (SSSR count). The highest BCUT2D eigenvalue weighted by Gasteiger charge is 2.38. The number of halogens is 5. The van der Waals surface area contributed by atoms with Crippen molar-refractivity contribution < 1.29 is 36.6 Å². The lowest BCUT2D eigenvalue weighted by atomic mass is 9.92. The van der Waals surface area contributed by atoms with Gasteiger partial charge in [-0.15, -0.1) is 0 Å². The molecule has 0 bridgehead atoms. The van der Waals surface area contributed by atoms with Gasteiger partial charge < -0.3 is 15.6 Å². The molecule has 4 nitrogen and oxygen atoms in total. The molecule has 0 saturated carbocycles. The number of carbonyl (C=O) groups is 1. The molecule has 0 radical (unpaired) electrons. The van der Waals surface area contributed by atoms with E-state index in [2.05, 4.69) is 0 Å². The summed E-state index contributed by atoms with van der Waals surface area (Å²) in [7, 11) is 0. The highest BCUT2D eigenvalue weighted by molar-refractivity contribution is 5.73. The quantitative estimate of drug-likeness (QED) is 0.703. The zero-order valence-corrected chi connectivity index (χ0v) is 8.64. The Labute approximate surface area is 93.5 Å². The average Bonchev–Trinajstić information content (AvgIpc) is 2.18. The first-order chi connectivity index (χ1) is 7.59. The molecule has 3 N–H and O–H groups in total. The third-order valence-corrected chi connectivity index (χ3v) is 2.10. The predicted molar refractivity (Wildman–Crippen MR) is 46.7 cm³/mol. The summed E-state index contributed by atoms with van der Waals surface area (Å²) in [4.78, 5) is 8.90. The Hall–Kier alpha value is -0.960. The van der Waals surface area contributed by atoms with Gasteiger partial charge in [-0.3, -0.25) is 0 Å². The second kappa shape index (κ2) is 6.10. The molecule has 0 unspecified atom stereocenters. The van der Waals surface area contributed by atoms with Gasteiger partial charge in [-0.25, -0.2) is 13.6 Å². The van der Waals surface area contributed by atoms with E-state index in [0.29, 0.717) is 13.2 Å². The van der Waals surface area contributed by atoms with Crippen molar-refractivity contribution in [3.63, 3.8) is 0 Å². The number of alkyl halides is 5. The smallest absolute Gasteiger partial charge is 0.475 e. The van der Waals surface area contributed by atoms with Crippen molar-refractivity contribution in [1.29, 1.82) is 0 Å². The molecule has 0 aromatic heterocycles. The summed E-state index contributed by atoms with van der Waals surface area (Å²) < 4.78 is 60.9. The lowest BCUT2D eigenvalue weighted by Gasteiger charge is -2.32. The maximum atomic E-state index is 12.1. The minimum absolute atomic E-state index is 0.269. The first-order valence-corrected chi connectivity index (χ1v) is 4.54. The lowest BCUT2D eigenvalue weighted by molar-refractivity contribution is -0.192. The molecule has 17 heavy (non-hydrogen) atoms. The zero-order valence-electron chi connectivity index (χ0n) is 8.64. The van der Waals surface area contributed by atoms with Crippen molar-refractivity contribution in [3.05, 3.63) is 0 Å². The van der Waals surface area contributed by atoms with Crippen molar-refractivity contribution in [3.8, 4) is 0 Å². The molecule has 0 atom stereocenters. The summed E-state index contributed by atoms with van der Waals surface area (Å²) >= 11 is 0. The van der Waals surface area contributed by atoms with Crippen LogP contribution in [0.4, 0.5) is 22.0 Å². The van der Waals surface area contributed by atoms with Gasteiger partial charge >= 0.3 is 12.1 Å². The summed E-state index contributed by atoms with van der Waals surface area (Å²) in [6.07, 6.45) is -6.97. The fourth-order valence-electron chi connectivity index (χ4n) is 0.970. The van der Waals surface area contributed by atoms with Crippen LogP contribution in [0.3, 0.4) is 0 Å². The summed E-state index contributed by atoms with van der Waals surface area (Å²) in [6, 6.07) is 0. The molecule has 1 heterocycles.